The van der Waals surface area contributed by atoms with Crippen molar-refractivity contribution in [2.45, 2.75) is 26.7 Å². The number of aromatic nitrogens is 3. The van der Waals surface area contributed by atoms with E-state index in [1.807, 2.05) is 0 Å². The molecular formula is C14H16BrClN4. The van der Waals surface area contributed by atoms with Crippen molar-refractivity contribution >= 4 is 33.3 Å². The quantitative estimate of drug-likeness (QED) is 0.867. The number of nitrogens with zero attached hydrogens (tertiary/aromatic N) is 3. The molecule has 0 atom stereocenters. The summed E-state index contributed by atoms with van der Waals surface area (Å²) in [6, 6.07) is 3.59. The van der Waals surface area contributed by atoms with Gasteiger partial charge in [0.15, 0.2) is 5.82 Å². The zero-order valence-corrected chi connectivity index (χ0v) is 13.8. The van der Waals surface area contributed by atoms with Gasteiger partial charge in [-0.15, -0.1) is 0 Å². The van der Waals surface area contributed by atoms with Crippen molar-refractivity contribution in [2.24, 2.45) is 0 Å². The van der Waals surface area contributed by atoms with Gasteiger partial charge < -0.3 is 5.32 Å². The number of hydrogen-bond donors (Lipinski definition) is 1. The first-order valence-corrected chi connectivity index (χ1v) is 7.75. The fraction of sp³-hybridized carbons (Fsp3) is 0.357. The van der Waals surface area contributed by atoms with Crippen molar-refractivity contribution in [3.8, 4) is 11.5 Å². The molecule has 0 aliphatic rings. The van der Waals surface area contributed by atoms with E-state index in [1.165, 1.54) is 0 Å². The molecule has 4 nitrogen and oxygen atoms in total. The smallest absolute Gasteiger partial charge is 0.182 e. The number of nitrogens with one attached hydrogen (secondary N) is 1. The maximum absolute atomic E-state index is 6.18. The number of pyridine rings is 1. The van der Waals surface area contributed by atoms with Crippen LogP contribution in [0, 0.1) is 0 Å². The Hall–Kier alpha value is -1.20. The van der Waals surface area contributed by atoms with Gasteiger partial charge in [0.25, 0.3) is 0 Å². The van der Waals surface area contributed by atoms with E-state index in [2.05, 4.69) is 50.0 Å². The highest BCUT2D eigenvalue weighted by Gasteiger charge is 2.14. The highest BCUT2D eigenvalue weighted by atomic mass is 79.9. The maximum Gasteiger partial charge on any atom is 0.182 e. The van der Waals surface area contributed by atoms with Crippen LogP contribution in [0.15, 0.2) is 22.8 Å². The standard InChI is InChI=1S/C14H16BrClN4/c1-3-7-18-13-11(15)10(4-2)19-14(20-13)12-9(16)6-5-8-17-12/h5-6,8H,3-4,7H2,1-2H3,(H,18,19,20). The van der Waals surface area contributed by atoms with Gasteiger partial charge in [-0.05, 0) is 40.9 Å². The van der Waals surface area contributed by atoms with E-state index in [-0.39, 0.29) is 0 Å². The second kappa shape index (κ2) is 6.99. The normalized spacial score (nSPS) is 10.6. The van der Waals surface area contributed by atoms with Gasteiger partial charge >= 0.3 is 0 Å². The lowest BCUT2D eigenvalue weighted by Gasteiger charge is -2.12. The van der Waals surface area contributed by atoms with Crippen LogP contribution in [-0.2, 0) is 6.42 Å². The molecule has 2 aromatic heterocycles. The summed E-state index contributed by atoms with van der Waals surface area (Å²) in [5.41, 5.74) is 1.55. The average molecular weight is 356 g/mol. The van der Waals surface area contributed by atoms with E-state index < -0.39 is 0 Å². The third kappa shape index (κ3) is 3.27. The van der Waals surface area contributed by atoms with E-state index in [1.54, 1.807) is 18.3 Å². The Balaban J connectivity index is 2.51. The SMILES string of the molecule is CCCNc1nc(-c2ncccc2Cl)nc(CC)c1Br. The Labute approximate surface area is 132 Å². The average Bonchev–Trinajstić information content (AvgIpc) is 2.47. The molecule has 0 saturated carbocycles. The van der Waals surface area contributed by atoms with Crippen molar-refractivity contribution in [1.29, 1.82) is 0 Å². The summed E-state index contributed by atoms with van der Waals surface area (Å²) in [5.74, 6) is 1.34. The molecule has 0 unspecified atom stereocenters. The predicted molar refractivity (Wildman–Crippen MR) is 86.1 cm³/mol. The summed E-state index contributed by atoms with van der Waals surface area (Å²) < 4.78 is 0.907. The van der Waals surface area contributed by atoms with Crippen molar-refractivity contribution in [3.63, 3.8) is 0 Å². The summed E-state index contributed by atoms with van der Waals surface area (Å²) in [5, 5.41) is 3.85. The fourth-order valence-electron chi connectivity index (χ4n) is 1.74. The third-order valence-electron chi connectivity index (χ3n) is 2.77. The third-order valence-corrected chi connectivity index (χ3v) is 3.91. The summed E-state index contributed by atoms with van der Waals surface area (Å²) in [7, 11) is 0. The Morgan fingerprint density at radius 3 is 2.75 bits per heavy atom. The first-order chi connectivity index (χ1) is 9.67. The second-order valence-electron chi connectivity index (χ2n) is 4.27. The minimum atomic E-state index is 0.550. The van der Waals surface area contributed by atoms with E-state index in [0.29, 0.717) is 16.5 Å². The highest BCUT2D eigenvalue weighted by molar-refractivity contribution is 9.10. The van der Waals surface area contributed by atoms with E-state index in [0.717, 1.165) is 35.4 Å². The lowest BCUT2D eigenvalue weighted by Crippen LogP contribution is -2.07. The molecule has 2 heterocycles. The molecule has 0 fully saturated rings. The Morgan fingerprint density at radius 1 is 1.30 bits per heavy atom. The lowest BCUT2D eigenvalue weighted by molar-refractivity contribution is 0.941. The molecule has 106 valence electrons. The number of rotatable bonds is 5. The van der Waals surface area contributed by atoms with Crippen LogP contribution in [0.25, 0.3) is 11.5 Å². The maximum atomic E-state index is 6.18. The van der Waals surface area contributed by atoms with Gasteiger partial charge in [-0.2, -0.15) is 0 Å². The van der Waals surface area contributed by atoms with Gasteiger partial charge in [0, 0.05) is 12.7 Å². The molecule has 0 spiro atoms. The van der Waals surface area contributed by atoms with Crippen molar-refractivity contribution in [3.05, 3.63) is 33.5 Å². The molecule has 0 aliphatic carbocycles. The first kappa shape index (κ1) is 15.2. The molecule has 0 amide bonds. The molecule has 0 saturated heterocycles. The minimum absolute atomic E-state index is 0.550. The molecule has 2 rings (SSSR count). The minimum Gasteiger partial charge on any atom is -0.369 e. The van der Waals surface area contributed by atoms with Crippen LogP contribution in [0.2, 0.25) is 5.02 Å². The predicted octanol–water partition coefficient (Wildman–Crippen LogP) is 4.34. The largest absolute Gasteiger partial charge is 0.369 e. The lowest BCUT2D eigenvalue weighted by atomic mass is 10.2. The van der Waals surface area contributed by atoms with Gasteiger partial charge in [-0.1, -0.05) is 25.4 Å². The van der Waals surface area contributed by atoms with Gasteiger partial charge in [0.1, 0.15) is 11.5 Å². The molecule has 2 aromatic rings. The van der Waals surface area contributed by atoms with Crippen LogP contribution in [0.3, 0.4) is 0 Å². The summed E-state index contributed by atoms with van der Waals surface area (Å²) in [4.78, 5) is 13.4. The van der Waals surface area contributed by atoms with Crippen molar-refractivity contribution < 1.29 is 0 Å². The summed E-state index contributed by atoms with van der Waals surface area (Å²) in [6.45, 7) is 5.02. The Morgan fingerprint density at radius 2 is 2.10 bits per heavy atom. The van der Waals surface area contributed by atoms with Crippen molar-refractivity contribution in [2.75, 3.05) is 11.9 Å². The topological polar surface area (TPSA) is 50.7 Å². The second-order valence-corrected chi connectivity index (χ2v) is 5.47. The van der Waals surface area contributed by atoms with E-state index >= 15 is 0 Å². The van der Waals surface area contributed by atoms with Gasteiger partial charge in [0.05, 0.1) is 15.2 Å². The van der Waals surface area contributed by atoms with E-state index in [9.17, 15) is 0 Å². The molecule has 1 N–H and O–H groups in total. The monoisotopic (exact) mass is 354 g/mol. The molecule has 6 heteroatoms. The Bertz CT molecular complexity index is 604. The summed E-state index contributed by atoms with van der Waals surface area (Å²) in [6.07, 6.45) is 3.52. The van der Waals surface area contributed by atoms with Gasteiger partial charge in [0.2, 0.25) is 0 Å². The number of aryl methyl sites for hydroxylation is 1. The van der Waals surface area contributed by atoms with Gasteiger partial charge in [-0.25, -0.2) is 9.97 Å². The molecule has 0 aromatic carbocycles. The molecule has 0 bridgehead atoms. The zero-order chi connectivity index (χ0) is 14.5. The summed E-state index contributed by atoms with van der Waals surface area (Å²) >= 11 is 9.73. The fourth-order valence-corrected chi connectivity index (χ4v) is 2.55. The van der Waals surface area contributed by atoms with Crippen LogP contribution in [-0.4, -0.2) is 21.5 Å². The number of hydrogen-bond acceptors (Lipinski definition) is 4. The van der Waals surface area contributed by atoms with Crippen LogP contribution >= 0.6 is 27.5 Å². The van der Waals surface area contributed by atoms with Crippen LogP contribution in [0.1, 0.15) is 26.0 Å². The zero-order valence-electron chi connectivity index (χ0n) is 11.5. The molecular weight excluding hydrogens is 340 g/mol. The Kier molecular flexibility index (Phi) is 5.31. The van der Waals surface area contributed by atoms with Crippen LogP contribution < -0.4 is 5.32 Å². The van der Waals surface area contributed by atoms with Crippen LogP contribution in [0.4, 0.5) is 5.82 Å². The first-order valence-electron chi connectivity index (χ1n) is 6.58. The number of anilines is 1. The van der Waals surface area contributed by atoms with Crippen molar-refractivity contribution in [1.82, 2.24) is 15.0 Å². The van der Waals surface area contributed by atoms with E-state index in [4.69, 9.17) is 11.6 Å². The molecule has 0 aliphatic heterocycles. The number of halogens is 2. The molecule has 20 heavy (non-hydrogen) atoms. The van der Waals surface area contributed by atoms with Crippen LogP contribution in [0.5, 0.6) is 0 Å². The van der Waals surface area contributed by atoms with Gasteiger partial charge in [-0.3, -0.25) is 4.98 Å². The molecule has 0 radical (unpaired) electrons. The highest BCUT2D eigenvalue weighted by Crippen LogP contribution is 2.29.